The van der Waals surface area contributed by atoms with E-state index in [1.165, 1.54) is 17.2 Å². The van der Waals surface area contributed by atoms with Crippen LogP contribution in [0.15, 0.2) is 36.5 Å². The minimum absolute atomic E-state index is 0.139. The Morgan fingerprint density at radius 2 is 1.71 bits per heavy atom. The van der Waals surface area contributed by atoms with E-state index in [9.17, 15) is 14.4 Å². The van der Waals surface area contributed by atoms with Gasteiger partial charge in [0.05, 0.1) is 29.4 Å². The van der Waals surface area contributed by atoms with Gasteiger partial charge in [-0.1, -0.05) is 18.9 Å². The maximum Gasteiger partial charge on any atom is 0.416 e. The average molecular weight is 464 g/mol. The molecule has 2 aliphatic heterocycles. The van der Waals surface area contributed by atoms with Crippen LogP contribution in [0, 0.1) is 18.8 Å². The Balaban J connectivity index is 1.15. The van der Waals surface area contributed by atoms with Crippen LogP contribution in [-0.2, 0) is 16.1 Å². The molecule has 3 amide bonds. The molecule has 34 heavy (non-hydrogen) atoms. The van der Waals surface area contributed by atoms with Gasteiger partial charge in [-0.2, -0.15) is 0 Å². The number of anilines is 1. The summed E-state index contributed by atoms with van der Waals surface area (Å²) >= 11 is 0. The molecule has 178 valence electrons. The highest BCUT2D eigenvalue weighted by molar-refractivity contribution is 6.22. The molecule has 2 aromatic heterocycles. The molecule has 2 atom stereocenters. The molecule has 0 N–H and O–H groups in total. The second-order valence-electron chi connectivity index (χ2n) is 9.27. The van der Waals surface area contributed by atoms with E-state index >= 15 is 0 Å². The molecule has 1 aliphatic carbocycles. The number of imide groups is 1. The lowest BCUT2D eigenvalue weighted by molar-refractivity contribution is -0.122. The Morgan fingerprint density at radius 1 is 1.00 bits per heavy atom. The highest BCUT2D eigenvalue weighted by Gasteiger charge is 2.48. The molecule has 3 fully saturated rings. The number of pyridine rings is 2. The zero-order chi connectivity index (χ0) is 23.7. The Kier molecular flexibility index (Phi) is 6.28. The number of rotatable bonds is 4. The molecule has 2 aromatic rings. The fraction of sp³-hybridized carbons (Fsp3) is 0.480. The van der Waals surface area contributed by atoms with Crippen LogP contribution in [0.1, 0.15) is 37.1 Å². The minimum Gasteiger partial charge on any atom is -0.391 e. The Morgan fingerprint density at radius 3 is 2.32 bits per heavy atom. The first kappa shape index (κ1) is 22.5. The van der Waals surface area contributed by atoms with E-state index in [0.29, 0.717) is 18.8 Å². The number of aromatic nitrogens is 2. The molecule has 4 heterocycles. The summed E-state index contributed by atoms with van der Waals surface area (Å²) in [6.07, 6.45) is 4.49. The van der Waals surface area contributed by atoms with Gasteiger partial charge < -0.3 is 9.64 Å². The topological polar surface area (TPSA) is 95.9 Å². The summed E-state index contributed by atoms with van der Waals surface area (Å²) < 4.78 is 5.45. The van der Waals surface area contributed by atoms with Gasteiger partial charge in [0, 0.05) is 44.5 Å². The summed E-state index contributed by atoms with van der Waals surface area (Å²) in [5, 5.41) is 0. The molecule has 0 aromatic carbocycles. The van der Waals surface area contributed by atoms with E-state index < -0.39 is 6.09 Å². The Labute approximate surface area is 198 Å². The molecule has 2 unspecified atom stereocenters. The van der Waals surface area contributed by atoms with Crippen molar-refractivity contribution in [2.75, 3.05) is 31.1 Å². The highest BCUT2D eigenvalue weighted by Crippen LogP contribution is 2.40. The predicted molar refractivity (Wildman–Crippen MR) is 124 cm³/mol. The van der Waals surface area contributed by atoms with Gasteiger partial charge in [-0.3, -0.25) is 19.5 Å². The van der Waals surface area contributed by atoms with Gasteiger partial charge in [-0.25, -0.2) is 14.7 Å². The summed E-state index contributed by atoms with van der Waals surface area (Å²) in [7, 11) is 0. The molecule has 9 nitrogen and oxygen atoms in total. The number of carbonyl (C=O) groups excluding carboxylic acids is 3. The molecule has 0 radical (unpaired) electrons. The van der Waals surface area contributed by atoms with Crippen LogP contribution >= 0.6 is 0 Å². The third kappa shape index (κ3) is 4.52. The van der Waals surface area contributed by atoms with Crippen LogP contribution < -0.4 is 9.64 Å². The lowest BCUT2D eigenvalue weighted by atomic mass is 9.81. The minimum atomic E-state index is -0.451. The number of carbonyl (C=O) groups is 3. The van der Waals surface area contributed by atoms with Gasteiger partial charge in [-0.05, 0) is 38.0 Å². The zero-order valence-electron chi connectivity index (χ0n) is 19.4. The monoisotopic (exact) mass is 463 g/mol. The first-order valence-electron chi connectivity index (χ1n) is 11.9. The van der Waals surface area contributed by atoms with Gasteiger partial charge in [-0.15, -0.1) is 0 Å². The molecular weight excluding hydrogens is 434 g/mol. The van der Waals surface area contributed by atoms with E-state index in [1.54, 1.807) is 11.0 Å². The molecule has 1 saturated carbocycles. The molecule has 5 rings (SSSR count). The second-order valence-corrected chi connectivity index (χ2v) is 9.27. The number of fused-ring (bicyclic) bond motifs is 1. The number of ether oxygens (including phenoxy) is 1. The number of nitrogens with zero attached hydrogens (tertiary/aromatic N) is 5. The average Bonchev–Trinajstić information content (AvgIpc) is 3.10. The fourth-order valence-corrected chi connectivity index (χ4v) is 5.14. The maximum atomic E-state index is 12.8. The predicted octanol–water partition coefficient (Wildman–Crippen LogP) is 2.78. The Bertz CT molecular complexity index is 1060. The number of hydrogen-bond acceptors (Lipinski definition) is 7. The maximum absolute atomic E-state index is 12.8. The van der Waals surface area contributed by atoms with Crippen molar-refractivity contribution in [1.29, 1.82) is 0 Å². The molecule has 9 heteroatoms. The third-order valence-electron chi connectivity index (χ3n) is 6.97. The zero-order valence-corrected chi connectivity index (χ0v) is 19.4. The summed E-state index contributed by atoms with van der Waals surface area (Å²) in [4.78, 5) is 52.0. The van der Waals surface area contributed by atoms with Gasteiger partial charge >= 0.3 is 6.09 Å². The van der Waals surface area contributed by atoms with Crippen molar-refractivity contribution in [3.05, 3.63) is 47.9 Å². The van der Waals surface area contributed by atoms with Gasteiger partial charge in [0.15, 0.2) is 0 Å². The van der Waals surface area contributed by atoms with Crippen LogP contribution in [0.3, 0.4) is 0 Å². The van der Waals surface area contributed by atoms with Gasteiger partial charge in [0.1, 0.15) is 0 Å². The highest BCUT2D eigenvalue weighted by atomic mass is 16.6. The van der Waals surface area contributed by atoms with Crippen LogP contribution in [0.25, 0.3) is 0 Å². The van der Waals surface area contributed by atoms with E-state index in [2.05, 4.69) is 14.9 Å². The second kappa shape index (κ2) is 9.50. The van der Waals surface area contributed by atoms with Crippen LogP contribution in [0.2, 0.25) is 0 Å². The summed E-state index contributed by atoms with van der Waals surface area (Å²) in [6.45, 7) is 5.32. The normalized spacial score (nSPS) is 23.2. The summed E-state index contributed by atoms with van der Waals surface area (Å²) in [5.74, 6) is -0.546. The first-order valence-corrected chi connectivity index (χ1v) is 11.9. The standard InChI is InChI=1S/C25H29N5O4/c1-17-5-4-6-18(27-17)16-28-11-13-29(14-12-28)25(33)34-22-10-9-19(15-26-22)30-23(31)20-7-2-3-8-21(20)24(30)32/h4-6,9-10,15,20-21H,2-3,7-8,11-14,16H2,1H3. The van der Waals surface area contributed by atoms with Crippen LogP contribution in [0.4, 0.5) is 10.5 Å². The van der Waals surface area contributed by atoms with E-state index in [-0.39, 0.29) is 29.5 Å². The fourth-order valence-electron chi connectivity index (χ4n) is 5.14. The van der Waals surface area contributed by atoms with E-state index in [0.717, 1.165) is 56.7 Å². The third-order valence-corrected chi connectivity index (χ3v) is 6.97. The van der Waals surface area contributed by atoms with Crippen molar-refractivity contribution < 1.29 is 19.1 Å². The number of hydrogen-bond donors (Lipinski definition) is 0. The first-order chi connectivity index (χ1) is 16.5. The molecule has 2 saturated heterocycles. The van der Waals surface area contributed by atoms with Crippen LogP contribution in [-0.4, -0.2) is 63.9 Å². The number of amides is 3. The molecule has 3 aliphatic rings. The van der Waals surface area contributed by atoms with Gasteiger partial charge in [0.2, 0.25) is 17.7 Å². The van der Waals surface area contributed by atoms with E-state index in [1.807, 2.05) is 25.1 Å². The molecule has 0 bridgehead atoms. The largest absolute Gasteiger partial charge is 0.416 e. The summed E-state index contributed by atoms with van der Waals surface area (Å²) in [5.41, 5.74) is 2.45. The number of aryl methyl sites for hydroxylation is 1. The lowest BCUT2D eigenvalue weighted by Gasteiger charge is -2.33. The quantitative estimate of drug-likeness (QED) is 0.644. The number of piperazine rings is 1. The van der Waals surface area contributed by atoms with Crippen molar-refractivity contribution in [1.82, 2.24) is 19.8 Å². The summed E-state index contributed by atoms with van der Waals surface area (Å²) in [6, 6.07) is 9.16. The smallest absolute Gasteiger partial charge is 0.391 e. The molecule has 0 spiro atoms. The SMILES string of the molecule is Cc1cccc(CN2CCN(C(=O)Oc3ccc(N4C(=O)C5CCCCC5C4=O)cn3)CC2)n1. The van der Waals surface area contributed by atoms with Gasteiger partial charge in [0.25, 0.3) is 0 Å². The van der Waals surface area contributed by atoms with Crippen molar-refractivity contribution >= 4 is 23.6 Å². The van der Waals surface area contributed by atoms with E-state index in [4.69, 9.17) is 4.74 Å². The van der Waals surface area contributed by atoms with Crippen molar-refractivity contribution in [2.45, 2.75) is 39.2 Å². The Hall–Kier alpha value is -3.33. The van der Waals surface area contributed by atoms with Crippen molar-refractivity contribution in [3.63, 3.8) is 0 Å². The molecular formula is C25H29N5O4. The van der Waals surface area contributed by atoms with Crippen LogP contribution in [0.5, 0.6) is 5.88 Å². The lowest BCUT2D eigenvalue weighted by Crippen LogP contribution is -2.49. The van der Waals surface area contributed by atoms with Crippen molar-refractivity contribution in [3.8, 4) is 5.88 Å². The van der Waals surface area contributed by atoms with Crippen molar-refractivity contribution in [2.24, 2.45) is 11.8 Å².